The molecule has 0 aromatic carbocycles. The van der Waals surface area contributed by atoms with Crippen molar-refractivity contribution in [1.82, 2.24) is 19.6 Å². The molecule has 1 aliphatic heterocycles. The summed E-state index contributed by atoms with van der Waals surface area (Å²) in [6.07, 6.45) is 1.08. The first-order chi connectivity index (χ1) is 10.0. The van der Waals surface area contributed by atoms with Crippen LogP contribution in [0.3, 0.4) is 0 Å². The van der Waals surface area contributed by atoms with Gasteiger partial charge in [0.15, 0.2) is 5.82 Å². The predicted octanol–water partition coefficient (Wildman–Crippen LogP) is 0.867. The minimum atomic E-state index is 0.852. The summed E-state index contributed by atoms with van der Waals surface area (Å²) < 4.78 is 2.08. The molecule has 2 heterocycles. The van der Waals surface area contributed by atoms with Crippen molar-refractivity contribution in [1.29, 1.82) is 0 Å². The van der Waals surface area contributed by atoms with E-state index in [-0.39, 0.29) is 0 Å². The molecular formula is C15H30N6. The van der Waals surface area contributed by atoms with Gasteiger partial charge in [0.1, 0.15) is 0 Å². The summed E-state index contributed by atoms with van der Waals surface area (Å²) in [5.74, 6) is 1.13. The van der Waals surface area contributed by atoms with Crippen molar-refractivity contribution in [2.45, 2.75) is 26.8 Å². The van der Waals surface area contributed by atoms with Gasteiger partial charge in [-0.3, -0.25) is 4.90 Å². The molecule has 6 heteroatoms. The molecule has 0 amide bonds. The van der Waals surface area contributed by atoms with E-state index in [1.807, 2.05) is 6.92 Å². The number of anilines is 2. The van der Waals surface area contributed by atoms with E-state index in [2.05, 4.69) is 45.5 Å². The standard InChI is InChI=1S/C15H30N6/c1-5-6-21-15(14(16)13(2)17-21)20-11-9-19(10-12-20)8-7-18(3)4/h5-12,16H2,1-4H3. The highest BCUT2D eigenvalue weighted by atomic mass is 15.4. The molecular weight excluding hydrogens is 264 g/mol. The highest BCUT2D eigenvalue weighted by Gasteiger charge is 2.23. The van der Waals surface area contributed by atoms with E-state index in [1.165, 1.54) is 0 Å². The number of piperazine rings is 1. The first-order valence-electron chi connectivity index (χ1n) is 7.97. The van der Waals surface area contributed by atoms with E-state index in [9.17, 15) is 0 Å². The molecule has 0 atom stereocenters. The lowest BCUT2D eigenvalue weighted by molar-refractivity contribution is 0.228. The van der Waals surface area contributed by atoms with Crippen LogP contribution < -0.4 is 10.6 Å². The van der Waals surface area contributed by atoms with Gasteiger partial charge in [0.25, 0.3) is 0 Å². The average molecular weight is 294 g/mol. The molecule has 0 saturated carbocycles. The predicted molar refractivity (Wildman–Crippen MR) is 88.9 cm³/mol. The molecule has 21 heavy (non-hydrogen) atoms. The fourth-order valence-corrected chi connectivity index (χ4v) is 2.81. The van der Waals surface area contributed by atoms with Gasteiger partial charge in [0.2, 0.25) is 0 Å². The maximum Gasteiger partial charge on any atom is 0.150 e. The zero-order valence-corrected chi connectivity index (χ0v) is 14.0. The highest BCUT2D eigenvalue weighted by molar-refractivity contribution is 5.66. The Hall–Kier alpha value is -1.27. The normalized spacial score (nSPS) is 16.9. The number of nitrogen functional groups attached to an aromatic ring is 1. The first kappa shape index (κ1) is 16.1. The smallest absolute Gasteiger partial charge is 0.150 e. The van der Waals surface area contributed by atoms with E-state index in [1.54, 1.807) is 0 Å². The van der Waals surface area contributed by atoms with Crippen molar-refractivity contribution >= 4 is 11.5 Å². The molecule has 2 N–H and O–H groups in total. The Labute approximate surface area is 128 Å². The summed E-state index contributed by atoms with van der Waals surface area (Å²) in [5.41, 5.74) is 8.06. The Balaban J connectivity index is 1.98. The van der Waals surface area contributed by atoms with Crippen LogP contribution in [0.4, 0.5) is 11.5 Å². The molecule has 0 aliphatic carbocycles. The summed E-state index contributed by atoms with van der Waals surface area (Å²) in [6, 6.07) is 0. The third kappa shape index (κ3) is 3.89. The van der Waals surface area contributed by atoms with Crippen LogP contribution in [0.25, 0.3) is 0 Å². The molecule has 1 fully saturated rings. The Bertz CT molecular complexity index is 445. The van der Waals surface area contributed by atoms with Gasteiger partial charge in [-0.25, -0.2) is 4.68 Å². The number of nitrogens with zero attached hydrogens (tertiary/aromatic N) is 5. The Kier molecular flexibility index (Phi) is 5.47. The fraction of sp³-hybridized carbons (Fsp3) is 0.800. The van der Waals surface area contributed by atoms with Gasteiger partial charge in [-0.2, -0.15) is 5.10 Å². The molecule has 6 nitrogen and oxygen atoms in total. The van der Waals surface area contributed by atoms with Crippen LogP contribution in [0.1, 0.15) is 19.0 Å². The van der Waals surface area contributed by atoms with E-state index in [4.69, 9.17) is 5.73 Å². The van der Waals surface area contributed by atoms with Gasteiger partial charge >= 0.3 is 0 Å². The lowest BCUT2D eigenvalue weighted by Crippen LogP contribution is -2.48. The number of hydrogen-bond acceptors (Lipinski definition) is 5. The minimum Gasteiger partial charge on any atom is -0.394 e. The second kappa shape index (κ2) is 7.13. The van der Waals surface area contributed by atoms with Crippen molar-refractivity contribution in [2.24, 2.45) is 0 Å². The van der Waals surface area contributed by atoms with E-state index < -0.39 is 0 Å². The second-order valence-electron chi connectivity index (χ2n) is 6.18. The van der Waals surface area contributed by atoms with E-state index in [0.717, 1.165) is 69.4 Å². The molecule has 1 aromatic rings. The SMILES string of the molecule is CCCn1nc(C)c(N)c1N1CCN(CCN(C)C)CC1. The van der Waals surface area contributed by atoms with Crippen LogP contribution in [-0.4, -0.2) is 72.9 Å². The fourth-order valence-electron chi connectivity index (χ4n) is 2.81. The topological polar surface area (TPSA) is 53.6 Å². The van der Waals surface area contributed by atoms with Crippen LogP contribution in [-0.2, 0) is 6.54 Å². The zero-order valence-electron chi connectivity index (χ0n) is 14.0. The molecule has 0 bridgehead atoms. The van der Waals surface area contributed by atoms with Crippen molar-refractivity contribution in [2.75, 3.05) is 64.0 Å². The summed E-state index contributed by atoms with van der Waals surface area (Å²) in [6.45, 7) is 11.6. The Morgan fingerprint density at radius 2 is 1.81 bits per heavy atom. The van der Waals surface area contributed by atoms with Crippen LogP contribution in [0.5, 0.6) is 0 Å². The van der Waals surface area contributed by atoms with E-state index >= 15 is 0 Å². The van der Waals surface area contributed by atoms with Crippen LogP contribution in [0.15, 0.2) is 0 Å². The quantitative estimate of drug-likeness (QED) is 0.843. The maximum absolute atomic E-state index is 6.25. The van der Waals surface area contributed by atoms with Crippen molar-refractivity contribution in [3.63, 3.8) is 0 Å². The number of aromatic nitrogens is 2. The molecule has 1 aromatic heterocycles. The maximum atomic E-state index is 6.25. The Morgan fingerprint density at radius 3 is 2.38 bits per heavy atom. The largest absolute Gasteiger partial charge is 0.394 e. The molecule has 2 rings (SSSR count). The minimum absolute atomic E-state index is 0.852. The number of likely N-dealkylation sites (N-methyl/N-ethyl adjacent to an activating group) is 1. The molecule has 1 aliphatic rings. The third-order valence-corrected chi connectivity index (χ3v) is 4.12. The van der Waals surface area contributed by atoms with Crippen molar-refractivity contribution in [3.05, 3.63) is 5.69 Å². The highest BCUT2D eigenvalue weighted by Crippen LogP contribution is 2.27. The molecule has 120 valence electrons. The summed E-state index contributed by atoms with van der Waals surface area (Å²) in [4.78, 5) is 7.17. The van der Waals surface area contributed by atoms with Gasteiger partial charge in [0, 0.05) is 45.8 Å². The lowest BCUT2D eigenvalue weighted by atomic mass is 10.2. The second-order valence-corrected chi connectivity index (χ2v) is 6.18. The van der Waals surface area contributed by atoms with Gasteiger partial charge in [-0.1, -0.05) is 6.92 Å². The van der Waals surface area contributed by atoms with Crippen LogP contribution in [0.2, 0.25) is 0 Å². The van der Waals surface area contributed by atoms with Crippen molar-refractivity contribution < 1.29 is 0 Å². The molecule has 0 unspecified atom stereocenters. The molecule has 0 radical (unpaired) electrons. The Morgan fingerprint density at radius 1 is 1.14 bits per heavy atom. The van der Waals surface area contributed by atoms with Crippen molar-refractivity contribution in [3.8, 4) is 0 Å². The number of hydrogen-bond donors (Lipinski definition) is 1. The lowest BCUT2D eigenvalue weighted by Gasteiger charge is -2.36. The van der Waals surface area contributed by atoms with Gasteiger partial charge < -0.3 is 15.5 Å². The summed E-state index contributed by atoms with van der Waals surface area (Å²) in [5, 5.41) is 4.58. The summed E-state index contributed by atoms with van der Waals surface area (Å²) >= 11 is 0. The summed E-state index contributed by atoms with van der Waals surface area (Å²) in [7, 11) is 4.26. The zero-order chi connectivity index (χ0) is 15.4. The molecule has 1 saturated heterocycles. The third-order valence-electron chi connectivity index (χ3n) is 4.12. The number of aryl methyl sites for hydroxylation is 2. The average Bonchev–Trinajstić information content (AvgIpc) is 2.73. The monoisotopic (exact) mass is 294 g/mol. The number of nitrogens with two attached hydrogens (primary N) is 1. The van der Waals surface area contributed by atoms with Gasteiger partial charge in [0.05, 0.1) is 11.4 Å². The number of rotatable bonds is 6. The van der Waals surface area contributed by atoms with E-state index in [0.29, 0.717) is 0 Å². The van der Waals surface area contributed by atoms with Gasteiger partial charge in [-0.15, -0.1) is 0 Å². The van der Waals surface area contributed by atoms with Gasteiger partial charge in [-0.05, 0) is 27.4 Å². The van der Waals surface area contributed by atoms with Crippen LogP contribution >= 0.6 is 0 Å². The van der Waals surface area contributed by atoms with Crippen LogP contribution in [0, 0.1) is 6.92 Å². The first-order valence-corrected chi connectivity index (χ1v) is 7.97. The molecule has 0 spiro atoms.